The topological polar surface area (TPSA) is 38.5 Å². The lowest BCUT2D eigenvalue weighted by Crippen LogP contribution is -2.41. The Morgan fingerprint density at radius 3 is 2.92 bits per heavy atom. The van der Waals surface area contributed by atoms with Crippen molar-refractivity contribution in [2.75, 3.05) is 19.7 Å². The Morgan fingerprint density at radius 2 is 2.33 bits per heavy atom. The molecule has 0 spiro atoms. The fourth-order valence-electron chi connectivity index (χ4n) is 1.84. The Hall–Kier alpha value is -0.120. The van der Waals surface area contributed by atoms with Gasteiger partial charge in [0.2, 0.25) is 0 Å². The van der Waals surface area contributed by atoms with Crippen molar-refractivity contribution in [3.63, 3.8) is 0 Å². The highest BCUT2D eigenvalue weighted by molar-refractivity contribution is 4.74. The first-order chi connectivity index (χ1) is 5.74. The van der Waals surface area contributed by atoms with Crippen LogP contribution in [0.25, 0.3) is 0 Å². The highest BCUT2D eigenvalue weighted by Gasteiger charge is 2.21. The molecule has 3 nitrogen and oxygen atoms in total. The molecule has 1 atom stereocenters. The van der Waals surface area contributed by atoms with Gasteiger partial charge in [0, 0.05) is 12.6 Å². The minimum atomic E-state index is 0.645. The van der Waals surface area contributed by atoms with Crippen LogP contribution < -0.4 is 5.90 Å². The Kier molecular flexibility index (Phi) is 3.98. The highest BCUT2D eigenvalue weighted by Crippen LogP contribution is 2.17. The molecule has 0 amide bonds. The van der Waals surface area contributed by atoms with Crippen LogP contribution in [-0.4, -0.2) is 30.6 Å². The van der Waals surface area contributed by atoms with E-state index in [9.17, 15) is 0 Å². The molecular formula is C9H20N2O. The number of hydrogen-bond acceptors (Lipinski definition) is 3. The minimum Gasteiger partial charge on any atom is -0.304 e. The molecule has 0 saturated carbocycles. The van der Waals surface area contributed by atoms with E-state index in [0.717, 1.165) is 6.54 Å². The van der Waals surface area contributed by atoms with E-state index in [2.05, 4.69) is 23.6 Å². The van der Waals surface area contributed by atoms with Crippen molar-refractivity contribution in [3.8, 4) is 0 Å². The first-order valence-electron chi connectivity index (χ1n) is 4.79. The summed E-state index contributed by atoms with van der Waals surface area (Å²) < 4.78 is 0. The molecule has 1 fully saturated rings. The molecule has 12 heavy (non-hydrogen) atoms. The molecule has 0 radical (unpaired) electrons. The number of piperidine rings is 1. The molecule has 72 valence electrons. The van der Waals surface area contributed by atoms with Crippen LogP contribution in [0.5, 0.6) is 0 Å². The average Bonchev–Trinajstić information content (AvgIpc) is 2.05. The SMILES string of the molecule is CC(C)N1CCCC(CON)C1. The quantitative estimate of drug-likeness (QED) is 0.645. The molecule has 1 aliphatic heterocycles. The number of rotatable bonds is 3. The van der Waals surface area contributed by atoms with E-state index >= 15 is 0 Å². The molecule has 1 aliphatic rings. The van der Waals surface area contributed by atoms with Gasteiger partial charge >= 0.3 is 0 Å². The average molecular weight is 172 g/mol. The third-order valence-corrected chi connectivity index (χ3v) is 2.61. The summed E-state index contributed by atoms with van der Waals surface area (Å²) in [5.41, 5.74) is 0. The van der Waals surface area contributed by atoms with Crippen molar-refractivity contribution < 1.29 is 4.84 Å². The van der Waals surface area contributed by atoms with Crippen molar-refractivity contribution in [2.24, 2.45) is 11.8 Å². The Bertz CT molecular complexity index is 126. The highest BCUT2D eigenvalue weighted by atomic mass is 16.6. The predicted octanol–water partition coefficient (Wildman–Crippen LogP) is 0.997. The zero-order valence-electron chi connectivity index (χ0n) is 8.12. The second-order valence-electron chi connectivity index (χ2n) is 3.93. The molecule has 0 aliphatic carbocycles. The van der Waals surface area contributed by atoms with Crippen LogP contribution in [0.2, 0.25) is 0 Å². The Balaban J connectivity index is 2.30. The summed E-state index contributed by atoms with van der Waals surface area (Å²) in [6.45, 7) is 7.58. The number of nitrogens with two attached hydrogens (primary N) is 1. The second-order valence-corrected chi connectivity index (χ2v) is 3.93. The molecule has 0 aromatic rings. The van der Waals surface area contributed by atoms with Gasteiger partial charge in [0.15, 0.2) is 0 Å². The molecule has 1 saturated heterocycles. The Morgan fingerprint density at radius 1 is 1.58 bits per heavy atom. The van der Waals surface area contributed by atoms with Crippen molar-refractivity contribution in [3.05, 3.63) is 0 Å². The van der Waals surface area contributed by atoms with Gasteiger partial charge in [-0.3, -0.25) is 0 Å². The summed E-state index contributed by atoms with van der Waals surface area (Å²) in [6, 6.07) is 0.658. The van der Waals surface area contributed by atoms with Crippen LogP contribution >= 0.6 is 0 Å². The van der Waals surface area contributed by atoms with Crippen molar-refractivity contribution in [2.45, 2.75) is 32.7 Å². The third kappa shape index (κ3) is 2.73. The third-order valence-electron chi connectivity index (χ3n) is 2.61. The monoisotopic (exact) mass is 172 g/mol. The molecule has 0 aromatic heterocycles. The molecule has 1 heterocycles. The minimum absolute atomic E-state index is 0.645. The van der Waals surface area contributed by atoms with E-state index in [1.807, 2.05) is 0 Å². The molecule has 2 N–H and O–H groups in total. The van der Waals surface area contributed by atoms with E-state index in [1.54, 1.807) is 0 Å². The molecule has 3 heteroatoms. The largest absolute Gasteiger partial charge is 0.304 e. The van der Waals surface area contributed by atoms with Gasteiger partial charge in [0.25, 0.3) is 0 Å². The maximum Gasteiger partial charge on any atom is 0.0719 e. The predicted molar refractivity (Wildman–Crippen MR) is 49.6 cm³/mol. The van der Waals surface area contributed by atoms with Crippen LogP contribution in [0, 0.1) is 5.92 Å². The van der Waals surface area contributed by atoms with Crippen molar-refractivity contribution >= 4 is 0 Å². The fourth-order valence-corrected chi connectivity index (χ4v) is 1.84. The van der Waals surface area contributed by atoms with Crippen LogP contribution in [0.4, 0.5) is 0 Å². The molecule has 0 bridgehead atoms. The zero-order valence-corrected chi connectivity index (χ0v) is 8.12. The summed E-state index contributed by atoms with van der Waals surface area (Å²) in [5.74, 6) is 5.71. The fraction of sp³-hybridized carbons (Fsp3) is 1.00. The van der Waals surface area contributed by atoms with Crippen LogP contribution in [0.3, 0.4) is 0 Å². The van der Waals surface area contributed by atoms with Gasteiger partial charge in [0.05, 0.1) is 6.61 Å². The van der Waals surface area contributed by atoms with Crippen LogP contribution in [0.15, 0.2) is 0 Å². The lowest BCUT2D eigenvalue weighted by Gasteiger charge is -2.34. The van der Waals surface area contributed by atoms with Gasteiger partial charge in [-0.25, -0.2) is 5.90 Å². The smallest absolute Gasteiger partial charge is 0.0719 e. The zero-order chi connectivity index (χ0) is 8.97. The molecule has 1 rings (SSSR count). The standard InChI is InChI=1S/C9H20N2O/c1-8(2)11-5-3-4-9(6-11)7-12-10/h8-9H,3-7,10H2,1-2H3. The Labute approximate surface area is 74.8 Å². The van der Waals surface area contributed by atoms with Gasteiger partial charge in [-0.05, 0) is 39.2 Å². The lowest BCUT2D eigenvalue weighted by molar-refractivity contribution is 0.0513. The van der Waals surface area contributed by atoms with E-state index in [4.69, 9.17) is 5.90 Å². The molecular weight excluding hydrogens is 152 g/mol. The number of nitrogens with zero attached hydrogens (tertiary/aromatic N) is 1. The summed E-state index contributed by atoms with van der Waals surface area (Å²) in [6.07, 6.45) is 2.55. The summed E-state index contributed by atoms with van der Waals surface area (Å²) in [7, 11) is 0. The number of likely N-dealkylation sites (tertiary alicyclic amines) is 1. The molecule has 1 unspecified atom stereocenters. The maximum absolute atomic E-state index is 5.06. The summed E-state index contributed by atoms with van der Waals surface area (Å²) >= 11 is 0. The van der Waals surface area contributed by atoms with Gasteiger partial charge in [0.1, 0.15) is 0 Å². The van der Waals surface area contributed by atoms with Gasteiger partial charge in [-0.1, -0.05) is 0 Å². The normalized spacial score (nSPS) is 26.5. The van der Waals surface area contributed by atoms with Crippen molar-refractivity contribution in [1.29, 1.82) is 0 Å². The van der Waals surface area contributed by atoms with E-state index < -0.39 is 0 Å². The maximum atomic E-state index is 5.06. The van der Waals surface area contributed by atoms with E-state index in [-0.39, 0.29) is 0 Å². The number of hydrogen-bond donors (Lipinski definition) is 1. The van der Waals surface area contributed by atoms with Crippen molar-refractivity contribution in [1.82, 2.24) is 4.90 Å². The van der Waals surface area contributed by atoms with E-state index in [1.165, 1.54) is 19.4 Å². The van der Waals surface area contributed by atoms with Gasteiger partial charge in [-0.15, -0.1) is 0 Å². The van der Waals surface area contributed by atoms with Gasteiger partial charge < -0.3 is 9.74 Å². The van der Waals surface area contributed by atoms with E-state index in [0.29, 0.717) is 18.6 Å². The second kappa shape index (κ2) is 4.80. The summed E-state index contributed by atoms with van der Waals surface area (Å²) in [4.78, 5) is 7.18. The van der Waals surface area contributed by atoms with Crippen LogP contribution in [0.1, 0.15) is 26.7 Å². The van der Waals surface area contributed by atoms with Gasteiger partial charge in [-0.2, -0.15) is 0 Å². The molecule has 0 aromatic carbocycles. The first-order valence-corrected chi connectivity index (χ1v) is 4.79. The van der Waals surface area contributed by atoms with Crippen LogP contribution in [-0.2, 0) is 4.84 Å². The lowest BCUT2D eigenvalue weighted by atomic mass is 9.98. The first kappa shape index (κ1) is 9.96. The summed E-state index contributed by atoms with van der Waals surface area (Å²) in [5, 5.41) is 0.